The summed E-state index contributed by atoms with van der Waals surface area (Å²) < 4.78 is 0. The number of halogens is 1. The van der Waals surface area contributed by atoms with Gasteiger partial charge in [0, 0.05) is 7.05 Å². The molecule has 0 aromatic rings. The Morgan fingerprint density at radius 2 is 2.10 bits per heavy atom. The van der Waals surface area contributed by atoms with Crippen LogP contribution in [0.25, 0.3) is 0 Å². The lowest BCUT2D eigenvalue weighted by Gasteiger charge is -2.08. The van der Waals surface area contributed by atoms with Crippen LogP contribution in [0.5, 0.6) is 0 Å². The Morgan fingerprint density at radius 3 is 2.40 bits per heavy atom. The first-order chi connectivity index (χ1) is 4.22. The maximum Gasteiger partial charge on any atom is 0.236 e. The van der Waals surface area contributed by atoms with E-state index in [1.54, 1.807) is 7.05 Å². The van der Waals surface area contributed by atoms with Gasteiger partial charge in [-0.15, -0.1) is 12.4 Å². The summed E-state index contributed by atoms with van der Waals surface area (Å²) in [6, 6.07) is -0.0694. The fraction of sp³-hybridized carbons (Fsp3) is 0.833. The van der Waals surface area contributed by atoms with Crippen molar-refractivity contribution in [2.24, 2.45) is 0 Å². The molecule has 0 aliphatic rings. The van der Waals surface area contributed by atoms with Crippen molar-refractivity contribution in [1.29, 1.82) is 0 Å². The monoisotopic (exact) mass is 166 g/mol. The quantitative estimate of drug-likeness (QED) is 0.627. The number of carbonyl (C=O) groups excluding carboxylic acids is 1. The fourth-order valence-electron chi connectivity index (χ4n) is 0.615. The predicted octanol–water partition coefficient (Wildman–Crippen LogP) is 0.152. The topological polar surface area (TPSA) is 41.1 Å². The molecule has 3 nitrogen and oxygen atoms in total. The molecule has 0 aromatic heterocycles. The lowest BCUT2D eigenvalue weighted by atomic mass is 10.3. The van der Waals surface area contributed by atoms with Gasteiger partial charge in [-0.2, -0.15) is 0 Å². The molecule has 0 saturated carbocycles. The van der Waals surface area contributed by atoms with Crippen molar-refractivity contribution in [1.82, 2.24) is 10.6 Å². The summed E-state index contributed by atoms with van der Waals surface area (Å²) in [6.45, 7) is 4.64. The molecule has 0 radical (unpaired) electrons. The molecule has 0 fully saturated rings. The average molecular weight is 167 g/mol. The van der Waals surface area contributed by atoms with E-state index in [0.717, 1.165) is 6.54 Å². The van der Waals surface area contributed by atoms with Crippen LogP contribution in [0.1, 0.15) is 13.8 Å². The van der Waals surface area contributed by atoms with Gasteiger partial charge in [0.2, 0.25) is 5.91 Å². The molecule has 0 aliphatic carbocycles. The second-order valence-electron chi connectivity index (χ2n) is 1.89. The number of carbonyl (C=O) groups is 1. The van der Waals surface area contributed by atoms with Crippen LogP contribution in [-0.4, -0.2) is 25.5 Å². The fourth-order valence-corrected chi connectivity index (χ4v) is 0.615. The molecule has 0 saturated heterocycles. The molecule has 0 aromatic carbocycles. The van der Waals surface area contributed by atoms with Gasteiger partial charge in [-0.25, -0.2) is 0 Å². The Bertz CT molecular complexity index is 97.7. The number of hydrogen-bond donors (Lipinski definition) is 2. The highest BCUT2D eigenvalue weighted by Gasteiger charge is 2.06. The Labute approximate surface area is 68.0 Å². The minimum atomic E-state index is -0.0694. The van der Waals surface area contributed by atoms with E-state index in [9.17, 15) is 4.79 Å². The molecule has 10 heavy (non-hydrogen) atoms. The molecule has 1 atom stereocenters. The number of likely N-dealkylation sites (N-methyl/N-ethyl adjacent to an activating group) is 2. The highest BCUT2D eigenvalue weighted by molar-refractivity contribution is 5.85. The normalized spacial score (nSPS) is 11.5. The third-order valence-electron chi connectivity index (χ3n) is 1.15. The van der Waals surface area contributed by atoms with Crippen molar-refractivity contribution in [2.45, 2.75) is 19.9 Å². The van der Waals surface area contributed by atoms with Gasteiger partial charge in [0.25, 0.3) is 0 Å². The van der Waals surface area contributed by atoms with Gasteiger partial charge in [0.05, 0.1) is 6.04 Å². The van der Waals surface area contributed by atoms with E-state index < -0.39 is 0 Å². The predicted molar refractivity (Wildman–Crippen MR) is 44.5 cm³/mol. The van der Waals surface area contributed by atoms with Crippen molar-refractivity contribution >= 4 is 18.3 Å². The van der Waals surface area contributed by atoms with E-state index in [2.05, 4.69) is 10.6 Å². The largest absolute Gasteiger partial charge is 0.358 e. The number of hydrogen-bond acceptors (Lipinski definition) is 2. The van der Waals surface area contributed by atoms with Crippen LogP contribution in [0.15, 0.2) is 0 Å². The van der Waals surface area contributed by atoms with Gasteiger partial charge in [-0.1, -0.05) is 6.92 Å². The molecule has 0 aliphatic heterocycles. The standard InChI is InChI=1S/C6H14N2O.ClH/c1-4-8-5(2)6(9)7-3;/h5,8H,4H2,1-3H3,(H,7,9);1H. The van der Waals surface area contributed by atoms with Crippen LogP contribution in [0.2, 0.25) is 0 Å². The molecule has 1 amide bonds. The highest BCUT2D eigenvalue weighted by Crippen LogP contribution is 1.77. The maximum absolute atomic E-state index is 10.7. The lowest BCUT2D eigenvalue weighted by Crippen LogP contribution is -2.40. The minimum absolute atomic E-state index is 0. The first kappa shape index (κ1) is 12.4. The zero-order valence-electron chi connectivity index (χ0n) is 6.60. The molecule has 2 N–H and O–H groups in total. The molecule has 0 spiro atoms. The maximum atomic E-state index is 10.7. The SMILES string of the molecule is CCNC(C)C(=O)NC.Cl. The van der Waals surface area contributed by atoms with Gasteiger partial charge in [0.1, 0.15) is 0 Å². The molecule has 62 valence electrons. The zero-order valence-corrected chi connectivity index (χ0v) is 7.42. The third-order valence-corrected chi connectivity index (χ3v) is 1.15. The summed E-state index contributed by atoms with van der Waals surface area (Å²) in [5.41, 5.74) is 0. The van der Waals surface area contributed by atoms with Crippen LogP contribution in [-0.2, 0) is 4.79 Å². The summed E-state index contributed by atoms with van der Waals surface area (Å²) in [5, 5.41) is 5.53. The summed E-state index contributed by atoms with van der Waals surface area (Å²) in [4.78, 5) is 10.7. The minimum Gasteiger partial charge on any atom is -0.358 e. The van der Waals surface area contributed by atoms with Crippen molar-refractivity contribution in [3.63, 3.8) is 0 Å². The van der Waals surface area contributed by atoms with E-state index in [0.29, 0.717) is 0 Å². The molecule has 4 heteroatoms. The van der Waals surface area contributed by atoms with Crippen LogP contribution in [0, 0.1) is 0 Å². The van der Waals surface area contributed by atoms with Crippen LogP contribution in [0.3, 0.4) is 0 Å². The molecular weight excluding hydrogens is 152 g/mol. The van der Waals surface area contributed by atoms with Gasteiger partial charge in [0.15, 0.2) is 0 Å². The lowest BCUT2D eigenvalue weighted by molar-refractivity contribution is -0.122. The van der Waals surface area contributed by atoms with Crippen molar-refractivity contribution in [3.05, 3.63) is 0 Å². The molecular formula is C6H15ClN2O. The van der Waals surface area contributed by atoms with Gasteiger partial charge in [-0.05, 0) is 13.5 Å². The summed E-state index contributed by atoms with van der Waals surface area (Å²) in [7, 11) is 1.64. The molecule has 0 bridgehead atoms. The van der Waals surface area contributed by atoms with E-state index in [1.807, 2.05) is 13.8 Å². The molecule has 1 unspecified atom stereocenters. The highest BCUT2D eigenvalue weighted by atomic mass is 35.5. The zero-order chi connectivity index (χ0) is 7.28. The molecule has 0 heterocycles. The summed E-state index contributed by atoms with van der Waals surface area (Å²) in [6.07, 6.45) is 0. The van der Waals surface area contributed by atoms with Gasteiger partial charge in [-0.3, -0.25) is 4.79 Å². The average Bonchev–Trinajstić information content (AvgIpc) is 1.87. The Morgan fingerprint density at radius 1 is 1.60 bits per heavy atom. The van der Waals surface area contributed by atoms with Gasteiger partial charge < -0.3 is 10.6 Å². The van der Waals surface area contributed by atoms with Crippen molar-refractivity contribution in [2.75, 3.05) is 13.6 Å². The van der Waals surface area contributed by atoms with Crippen molar-refractivity contribution < 1.29 is 4.79 Å². The van der Waals surface area contributed by atoms with E-state index in [1.165, 1.54) is 0 Å². The third kappa shape index (κ3) is 4.58. The number of amides is 1. The van der Waals surface area contributed by atoms with Crippen LogP contribution >= 0.6 is 12.4 Å². The second-order valence-corrected chi connectivity index (χ2v) is 1.89. The Kier molecular flexibility index (Phi) is 8.48. The number of rotatable bonds is 3. The van der Waals surface area contributed by atoms with Gasteiger partial charge >= 0.3 is 0 Å². The van der Waals surface area contributed by atoms with E-state index in [-0.39, 0.29) is 24.4 Å². The van der Waals surface area contributed by atoms with Crippen LogP contribution in [0.4, 0.5) is 0 Å². The Balaban J connectivity index is 0. The molecule has 0 rings (SSSR count). The van der Waals surface area contributed by atoms with Crippen molar-refractivity contribution in [3.8, 4) is 0 Å². The first-order valence-corrected chi connectivity index (χ1v) is 3.17. The van der Waals surface area contributed by atoms with E-state index in [4.69, 9.17) is 0 Å². The summed E-state index contributed by atoms with van der Waals surface area (Å²) >= 11 is 0. The van der Waals surface area contributed by atoms with E-state index >= 15 is 0 Å². The van der Waals surface area contributed by atoms with Crippen LogP contribution < -0.4 is 10.6 Å². The first-order valence-electron chi connectivity index (χ1n) is 3.17. The number of nitrogens with one attached hydrogen (secondary N) is 2. The smallest absolute Gasteiger partial charge is 0.236 e. The summed E-state index contributed by atoms with van der Waals surface area (Å²) in [5.74, 6) is 0.0388. The second kappa shape index (κ2) is 6.83. The Hall–Kier alpha value is -0.280.